The van der Waals surface area contributed by atoms with Gasteiger partial charge in [0.25, 0.3) is 0 Å². The zero-order valence-electron chi connectivity index (χ0n) is 14.7. The highest BCUT2D eigenvalue weighted by molar-refractivity contribution is 9.10. The van der Waals surface area contributed by atoms with Crippen LogP contribution in [0.2, 0.25) is 0 Å². The maximum atomic E-state index is 13.1. The van der Waals surface area contributed by atoms with Crippen LogP contribution in [-0.4, -0.2) is 15.5 Å². The van der Waals surface area contributed by atoms with Gasteiger partial charge in [-0.15, -0.1) is 0 Å². The number of anilines is 1. The molecule has 4 rings (SSSR count). The van der Waals surface area contributed by atoms with Gasteiger partial charge in [-0.05, 0) is 61.4 Å². The minimum atomic E-state index is -0.0938. The van der Waals surface area contributed by atoms with Crippen LogP contribution < -0.4 is 5.32 Å². The third kappa shape index (κ3) is 2.92. The molecule has 2 amide bonds. The Morgan fingerprint density at radius 2 is 1.96 bits per heavy atom. The first-order valence-electron chi connectivity index (χ1n) is 8.64. The molecule has 0 fully saturated rings. The summed E-state index contributed by atoms with van der Waals surface area (Å²) in [5, 5.41) is 3.05. The average Bonchev–Trinajstić information content (AvgIpc) is 3.08. The molecule has 132 valence electrons. The molecule has 1 aliphatic heterocycles. The van der Waals surface area contributed by atoms with E-state index in [0.717, 1.165) is 32.7 Å². The summed E-state index contributed by atoms with van der Waals surface area (Å²) in [6.45, 7) is 4.65. The summed E-state index contributed by atoms with van der Waals surface area (Å²) in [5.74, 6) is 0. The zero-order chi connectivity index (χ0) is 18.3. The van der Waals surface area contributed by atoms with E-state index in [0.29, 0.717) is 6.54 Å². The van der Waals surface area contributed by atoms with Crippen molar-refractivity contribution in [2.75, 3.05) is 5.32 Å². The van der Waals surface area contributed by atoms with Gasteiger partial charge < -0.3 is 14.8 Å². The molecule has 1 aliphatic rings. The lowest BCUT2D eigenvalue weighted by Crippen LogP contribution is -2.36. The Kier molecular flexibility index (Phi) is 4.32. The van der Waals surface area contributed by atoms with E-state index in [-0.39, 0.29) is 12.1 Å². The van der Waals surface area contributed by atoms with Crippen molar-refractivity contribution in [1.29, 1.82) is 0 Å². The Balaban J connectivity index is 1.68. The van der Waals surface area contributed by atoms with Gasteiger partial charge in [0.15, 0.2) is 0 Å². The highest BCUT2D eigenvalue weighted by Crippen LogP contribution is 2.32. The molecule has 3 aromatic rings. The quantitative estimate of drug-likeness (QED) is 0.553. The van der Waals surface area contributed by atoms with Gasteiger partial charge in [-0.1, -0.05) is 34.1 Å². The number of aromatic nitrogens is 1. The fourth-order valence-corrected chi connectivity index (χ4v) is 3.73. The molecule has 0 unspecified atom stereocenters. The maximum absolute atomic E-state index is 13.1. The Hall–Kier alpha value is -2.53. The lowest BCUT2D eigenvalue weighted by atomic mass is 10.1. The van der Waals surface area contributed by atoms with Crippen molar-refractivity contribution < 1.29 is 4.79 Å². The van der Waals surface area contributed by atoms with Crippen LogP contribution in [0.4, 0.5) is 10.5 Å². The molecule has 0 aliphatic carbocycles. The van der Waals surface area contributed by atoms with Crippen LogP contribution in [0.25, 0.3) is 5.69 Å². The molecule has 0 saturated carbocycles. The lowest BCUT2D eigenvalue weighted by Gasteiger charge is -2.27. The molecular weight excluding hydrogens is 390 g/mol. The third-order valence-electron chi connectivity index (χ3n) is 4.94. The number of para-hydroxylation sites is 1. The van der Waals surface area contributed by atoms with Crippen molar-refractivity contribution in [1.82, 2.24) is 9.47 Å². The van der Waals surface area contributed by atoms with E-state index in [1.807, 2.05) is 48.2 Å². The van der Waals surface area contributed by atoms with Crippen molar-refractivity contribution in [3.05, 3.63) is 82.1 Å². The molecule has 2 heterocycles. The average molecular weight is 410 g/mol. The summed E-state index contributed by atoms with van der Waals surface area (Å²) in [5.41, 5.74) is 5.27. The van der Waals surface area contributed by atoms with E-state index < -0.39 is 0 Å². The number of halogens is 1. The summed E-state index contributed by atoms with van der Waals surface area (Å²) >= 11 is 3.50. The number of amides is 2. The monoisotopic (exact) mass is 409 g/mol. The highest BCUT2D eigenvalue weighted by Gasteiger charge is 2.28. The normalized spacial score (nSPS) is 15.8. The summed E-state index contributed by atoms with van der Waals surface area (Å²) in [6.07, 6.45) is 2.06. The minimum Gasteiger partial charge on any atom is -0.318 e. The number of urea groups is 1. The van der Waals surface area contributed by atoms with Crippen molar-refractivity contribution in [3.63, 3.8) is 0 Å². The van der Waals surface area contributed by atoms with Gasteiger partial charge in [0.2, 0.25) is 0 Å². The van der Waals surface area contributed by atoms with Crippen LogP contribution in [0, 0.1) is 6.92 Å². The van der Waals surface area contributed by atoms with Crippen molar-refractivity contribution >= 4 is 27.6 Å². The molecule has 1 atom stereocenters. The SMILES string of the molecule is Cc1cc(NC(=O)N2Cc3ccccc3-n3cccc3[C@@H]2C)ccc1Br. The molecule has 1 N–H and O–H groups in total. The number of benzene rings is 2. The Labute approximate surface area is 161 Å². The van der Waals surface area contributed by atoms with Gasteiger partial charge in [-0.2, -0.15) is 0 Å². The number of rotatable bonds is 1. The summed E-state index contributed by atoms with van der Waals surface area (Å²) in [4.78, 5) is 14.9. The molecule has 5 heteroatoms. The minimum absolute atomic E-state index is 0.0334. The number of hydrogen-bond acceptors (Lipinski definition) is 1. The first kappa shape index (κ1) is 16.9. The molecule has 0 bridgehead atoms. The summed E-state index contributed by atoms with van der Waals surface area (Å²) < 4.78 is 3.21. The van der Waals surface area contributed by atoms with Crippen LogP contribution in [0.5, 0.6) is 0 Å². The maximum Gasteiger partial charge on any atom is 0.322 e. The van der Waals surface area contributed by atoms with Crippen LogP contribution >= 0.6 is 15.9 Å². The number of nitrogens with one attached hydrogen (secondary N) is 1. The first-order valence-corrected chi connectivity index (χ1v) is 9.43. The second-order valence-electron chi connectivity index (χ2n) is 6.63. The largest absolute Gasteiger partial charge is 0.322 e. The number of aryl methyl sites for hydroxylation is 1. The predicted molar refractivity (Wildman–Crippen MR) is 108 cm³/mol. The van der Waals surface area contributed by atoms with Crippen LogP contribution in [0.15, 0.2) is 65.3 Å². The second kappa shape index (κ2) is 6.65. The van der Waals surface area contributed by atoms with E-state index in [9.17, 15) is 4.79 Å². The van der Waals surface area contributed by atoms with Gasteiger partial charge in [0, 0.05) is 22.1 Å². The van der Waals surface area contributed by atoms with Crippen LogP contribution in [0.1, 0.15) is 29.8 Å². The number of carbonyl (C=O) groups is 1. The Morgan fingerprint density at radius 1 is 1.15 bits per heavy atom. The third-order valence-corrected chi connectivity index (χ3v) is 5.83. The zero-order valence-corrected chi connectivity index (χ0v) is 16.3. The van der Waals surface area contributed by atoms with Gasteiger partial charge in [0.1, 0.15) is 0 Å². The summed E-state index contributed by atoms with van der Waals surface area (Å²) in [6, 6.07) is 18.1. The van der Waals surface area contributed by atoms with E-state index in [1.165, 1.54) is 0 Å². The molecule has 2 aromatic carbocycles. The van der Waals surface area contributed by atoms with Crippen LogP contribution in [-0.2, 0) is 6.54 Å². The number of nitrogens with zero attached hydrogens (tertiary/aromatic N) is 2. The van der Waals surface area contributed by atoms with Crippen molar-refractivity contribution in [3.8, 4) is 5.69 Å². The topological polar surface area (TPSA) is 37.3 Å². The molecule has 0 radical (unpaired) electrons. The van der Waals surface area contributed by atoms with Crippen molar-refractivity contribution in [2.24, 2.45) is 0 Å². The van der Waals surface area contributed by atoms with Gasteiger partial charge >= 0.3 is 6.03 Å². The van der Waals surface area contributed by atoms with Gasteiger partial charge in [-0.25, -0.2) is 4.79 Å². The molecule has 26 heavy (non-hydrogen) atoms. The highest BCUT2D eigenvalue weighted by atomic mass is 79.9. The number of carbonyl (C=O) groups excluding carboxylic acids is 1. The molecule has 4 nitrogen and oxygen atoms in total. The van der Waals surface area contributed by atoms with Gasteiger partial charge in [-0.3, -0.25) is 0 Å². The van der Waals surface area contributed by atoms with E-state index >= 15 is 0 Å². The van der Waals surface area contributed by atoms with Crippen LogP contribution in [0.3, 0.4) is 0 Å². The molecule has 0 spiro atoms. The Morgan fingerprint density at radius 3 is 2.77 bits per heavy atom. The summed E-state index contributed by atoms with van der Waals surface area (Å²) in [7, 11) is 0. The van der Waals surface area contributed by atoms with E-state index in [2.05, 4.69) is 57.1 Å². The standard InChI is InChI=1S/C21H20BrN3O/c1-14-12-17(9-10-18(14)22)23-21(26)25-13-16-6-3-4-7-20(16)24-11-5-8-19(24)15(25)2/h3-12,15H,13H2,1-2H3,(H,23,26)/t15-/m0/s1. The smallest absolute Gasteiger partial charge is 0.318 e. The lowest BCUT2D eigenvalue weighted by molar-refractivity contribution is 0.189. The first-order chi connectivity index (χ1) is 12.5. The molecule has 1 aromatic heterocycles. The molecule has 0 saturated heterocycles. The van der Waals surface area contributed by atoms with E-state index in [1.54, 1.807) is 0 Å². The second-order valence-corrected chi connectivity index (χ2v) is 7.48. The fraction of sp³-hybridized carbons (Fsp3) is 0.190. The Bertz CT molecular complexity index is 979. The predicted octanol–water partition coefficient (Wildman–Crippen LogP) is 5.66. The number of hydrogen-bond donors (Lipinski definition) is 1. The van der Waals surface area contributed by atoms with E-state index in [4.69, 9.17) is 0 Å². The van der Waals surface area contributed by atoms with Gasteiger partial charge in [0.05, 0.1) is 18.3 Å². The van der Waals surface area contributed by atoms with Crippen molar-refractivity contribution in [2.45, 2.75) is 26.4 Å². The number of fused-ring (bicyclic) bond motifs is 3. The fourth-order valence-electron chi connectivity index (χ4n) is 3.48. The molecular formula is C21H20BrN3O.